The van der Waals surface area contributed by atoms with Gasteiger partial charge in [-0.25, -0.2) is 4.21 Å². The minimum atomic E-state index is -1.23. The molecule has 0 fully saturated rings. The zero-order valence-electron chi connectivity index (χ0n) is 13.7. The predicted molar refractivity (Wildman–Crippen MR) is 103 cm³/mol. The van der Waals surface area contributed by atoms with Crippen LogP contribution in [0.25, 0.3) is 0 Å². The van der Waals surface area contributed by atoms with Gasteiger partial charge in [0.2, 0.25) is 0 Å². The summed E-state index contributed by atoms with van der Waals surface area (Å²) in [5.74, 6) is 0.796. The largest absolute Gasteiger partial charge is 0.485 e. The lowest BCUT2D eigenvalue weighted by atomic mass is 9.96. The summed E-state index contributed by atoms with van der Waals surface area (Å²) in [5.41, 5.74) is 2.88. The topological polar surface area (TPSA) is 38.7 Å². The van der Waals surface area contributed by atoms with Crippen molar-refractivity contribution in [2.24, 2.45) is 4.40 Å². The zero-order chi connectivity index (χ0) is 17.1. The van der Waals surface area contributed by atoms with Crippen molar-refractivity contribution >= 4 is 32.6 Å². The highest BCUT2D eigenvalue weighted by Gasteiger charge is 2.28. The van der Waals surface area contributed by atoms with Crippen LogP contribution in [0.2, 0.25) is 0 Å². The number of fused-ring (bicyclic) bond motifs is 1. The van der Waals surface area contributed by atoms with Crippen molar-refractivity contribution in [3.8, 4) is 5.75 Å². The van der Waals surface area contributed by atoms with Crippen molar-refractivity contribution in [2.75, 3.05) is 0 Å². The van der Waals surface area contributed by atoms with Crippen molar-refractivity contribution in [2.45, 2.75) is 38.0 Å². The molecule has 0 N–H and O–H groups in total. The molecule has 0 saturated carbocycles. The van der Waals surface area contributed by atoms with Crippen LogP contribution in [0.1, 0.15) is 43.9 Å². The Morgan fingerprint density at radius 1 is 1.25 bits per heavy atom. The first kappa shape index (κ1) is 17.4. The smallest absolute Gasteiger partial charge is 0.142 e. The molecular formula is C19H20BrNO2S. The maximum absolute atomic E-state index is 12.4. The van der Waals surface area contributed by atoms with E-state index in [2.05, 4.69) is 20.3 Å². The highest BCUT2D eigenvalue weighted by Crippen LogP contribution is 2.37. The van der Waals surface area contributed by atoms with Crippen LogP contribution in [0, 0.1) is 0 Å². The summed E-state index contributed by atoms with van der Waals surface area (Å²) in [4.78, 5) is 0. The van der Waals surface area contributed by atoms with Gasteiger partial charge in [0.25, 0.3) is 0 Å². The first-order chi connectivity index (χ1) is 11.6. The summed E-state index contributed by atoms with van der Waals surface area (Å²) in [7, 11) is -1.23. The molecule has 0 aromatic heterocycles. The third-order valence-corrected chi connectivity index (χ3v) is 6.36. The maximum atomic E-state index is 12.4. The molecular weight excluding hydrogens is 386 g/mol. The summed E-state index contributed by atoms with van der Waals surface area (Å²) in [6.07, 6.45) is 1.32. The van der Waals surface area contributed by atoms with E-state index in [0.717, 1.165) is 33.5 Å². The molecule has 1 heterocycles. The van der Waals surface area contributed by atoms with Crippen LogP contribution in [0.15, 0.2) is 57.4 Å². The third kappa shape index (κ3) is 3.62. The lowest BCUT2D eigenvalue weighted by molar-refractivity contribution is 0.206. The van der Waals surface area contributed by atoms with Crippen molar-refractivity contribution in [3.05, 3.63) is 64.1 Å². The quantitative estimate of drug-likeness (QED) is 0.698. The number of rotatable bonds is 4. The van der Waals surface area contributed by atoms with Crippen molar-refractivity contribution in [1.82, 2.24) is 0 Å². The minimum absolute atomic E-state index is 0.0504. The fourth-order valence-electron chi connectivity index (χ4n) is 2.63. The molecule has 1 aliphatic heterocycles. The molecule has 24 heavy (non-hydrogen) atoms. The number of nitrogens with zero attached hydrogens (tertiary/aromatic N) is 1. The average molecular weight is 406 g/mol. The van der Waals surface area contributed by atoms with Gasteiger partial charge < -0.3 is 4.74 Å². The Morgan fingerprint density at radius 3 is 2.71 bits per heavy atom. The van der Waals surface area contributed by atoms with Gasteiger partial charge in [-0.05, 0) is 31.5 Å². The Kier molecular flexibility index (Phi) is 5.51. The van der Waals surface area contributed by atoms with E-state index in [4.69, 9.17) is 4.74 Å². The SMILES string of the molecule is CC[C@@H](C)S(=O)N=C1CC(c2ccccc2Br)Oc2ccccc21. The first-order valence-corrected chi connectivity index (χ1v) is 10.0. The fraction of sp³-hybridized carbons (Fsp3) is 0.316. The molecule has 5 heteroatoms. The standard InChI is InChI=1S/C19H20BrNO2S/c1-3-13(2)24(22)21-17-12-19(14-8-4-6-10-16(14)20)23-18-11-7-5-9-15(17)18/h4-11,13,19H,3,12H2,1-2H3/t13-,19?,24?/m1/s1. The number of halogens is 1. The first-order valence-electron chi connectivity index (χ1n) is 8.09. The maximum Gasteiger partial charge on any atom is 0.142 e. The molecule has 0 aliphatic carbocycles. The van der Waals surface area contributed by atoms with E-state index < -0.39 is 11.0 Å². The van der Waals surface area contributed by atoms with E-state index in [1.165, 1.54) is 0 Å². The van der Waals surface area contributed by atoms with Crippen LogP contribution < -0.4 is 4.74 Å². The number of ether oxygens (including phenoxy) is 1. The summed E-state index contributed by atoms with van der Waals surface area (Å²) >= 11 is 3.60. The minimum Gasteiger partial charge on any atom is -0.485 e. The third-order valence-electron chi connectivity index (χ3n) is 4.22. The van der Waals surface area contributed by atoms with Crippen LogP contribution >= 0.6 is 15.9 Å². The van der Waals surface area contributed by atoms with Crippen molar-refractivity contribution in [3.63, 3.8) is 0 Å². The average Bonchev–Trinajstić information content (AvgIpc) is 2.61. The second-order valence-electron chi connectivity index (χ2n) is 5.86. The van der Waals surface area contributed by atoms with Gasteiger partial charge in [-0.3, -0.25) is 0 Å². The van der Waals surface area contributed by atoms with Gasteiger partial charge >= 0.3 is 0 Å². The molecule has 3 rings (SSSR count). The van der Waals surface area contributed by atoms with Gasteiger partial charge in [0, 0.05) is 22.0 Å². The van der Waals surface area contributed by atoms with Crippen LogP contribution in [0.5, 0.6) is 5.75 Å². The van der Waals surface area contributed by atoms with Crippen LogP contribution in [-0.2, 0) is 11.0 Å². The van der Waals surface area contributed by atoms with E-state index in [1.54, 1.807) is 0 Å². The van der Waals surface area contributed by atoms with Crippen LogP contribution in [0.4, 0.5) is 0 Å². The van der Waals surface area contributed by atoms with E-state index in [0.29, 0.717) is 6.42 Å². The number of benzene rings is 2. The second-order valence-corrected chi connectivity index (χ2v) is 8.26. The molecule has 1 aliphatic rings. The Labute approximate surface area is 153 Å². The Balaban J connectivity index is 2.01. The highest BCUT2D eigenvalue weighted by atomic mass is 79.9. The van der Waals surface area contributed by atoms with Gasteiger partial charge in [-0.15, -0.1) is 0 Å². The summed E-state index contributed by atoms with van der Waals surface area (Å²) in [6.45, 7) is 4.00. The van der Waals surface area contributed by atoms with Gasteiger partial charge in [0.05, 0.1) is 11.0 Å². The highest BCUT2D eigenvalue weighted by molar-refractivity contribution is 9.10. The lowest BCUT2D eigenvalue weighted by Crippen LogP contribution is -2.22. The van der Waals surface area contributed by atoms with Gasteiger partial charge in [-0.1, -0.05) is 53.2 Å². The molecule has 0 spiro atoms. The molecule has 0 saturated heterocycles. The normalized spacial score (nSPS) is 21.0. The molecule has 2 unspecified atom stereocenters. The monoisotopic (exact) mass is 405 g/mol. The molecule has 0 radical (unpaired) electrons. The molecule has 2 aromatic carbocycles. The van der Waals surface area contributed by atoms with Gasteiger partial charge in [-0.2, -0.15) is 4.40 Å². The lowest BCUT2D eigenvalue weighted by Gasteiger charge is -2.28. The van der Waals surface area contributed by atoms with E-state index >= 15 is 0 Å². The van der Waals surface area contributed by atoms with Crippen LogP contribution in [-0.4, -0.2) is 15.2 Å². The van der Waals surface area contributed by atoms with Crippen molar-refractivity contribution < 1.29 is 8.95 Å². The summed E-state index contributed by atoms with van der Waals surface area (Å²) in [5, 5.41) is 0.0504. The van der Waals surface area contributed by atoms with Crippen LogP contribution in [0.3, 0.4) is 0 Å². The van der Waals surface area contributed by atoms with Gasteiger partial charge in [0.15, 0.2) is 0 Å². The fourth-order valence-corrected chi connectivity index (χ4v) is 4.02. The Hall–Kier alpha value is -1.46. The molecule has 0 amide bonds. The molecule has 0 bridgehead atoms. The zero-order valence-corrected chi connectivity index (χ0v) is 16.1. The molecule has 3 nitrogen and oxygen atoms in total. The Bertz CT molecular complexity index is 790. The van der Waals surface area contributed by atoms with E-state index in [9.17, 15) is 4.21 Å². The second kappa shape index (κ2) is 7.62. The predicted octanol–water partition coefficient (Wildman–Crippen LogP) is 5.22. The number of hydrogen-bond donors (Lipinski definition) is 0. The molecule has 126 valence electrons. The van der Waals surface area contributed by atoms with Gasteiger partial charge in [0.1, 0.15) is 22.8 Å². The van der Waals surface area contributed by atoms with E-state index in [-0.39, 0.29) is 11.4 Å². The molecule has 2 aromatic rings. The number of hydrogen-bond acceptors (Lipinski definition) is 2. The summed E-state index contributed by atoms with van der Waals surface area (Å²) in [6, 6.07) is 15.9. The van der Waals surface area contributed by atoms with E-state index in [1.807, 2.05) is 62.4 Å². The summed E-state index contributed by atoms with van der Waals surface area (Å²) < 4.78 is 24.2. The number of para-hydroxylation sites is 1. The van der Waals surface area contributed by atoms with Crippen molar-refractivity contribution in [1.29, 1.82) is 0 Å². The Morgan fingerprint density at radius 2 is 1.96 bits per heavy atom. The molecule has 3 atom stereocenters.